The number of carbonyl (C=O) groups excluding carboxylic acids is 2. The molecule has 0 saturated heterocycles. The Labute approximate surface area is 134 Å². The van der Waals surface area contributed by atoms with Crippen LogP contribution in [-0.4, -0.2) is 42.1 Å². The molecule has 0 heterocycles. The summed E-state index contributed by atoms with van der Waals surface area (Å²) in [5.41, 5.74) is 0.333. The van der Waals surface area contributed by atoms with Crippen LogP contribution in [-0.2, 0) is 9.59 Å². The Hall–Kier alpha value is -2.57. The molecule has 7 heteroatoms. The maximum Gasteiger partial charge on any atom is 0.326 e. The van der Waals surface area contributed by atoms with Gasteiger partial charge in [-0.05, 0) is 37.8 Å². The molecule has 1 aliphatic rings. The lowest BCUT2D eigenvalue weighted by molar-refractivity contribution is -0.142. The highest BCUT2D eigenvalue weighted by atomic mass is 16.5. The molecule has 1 aromatic carbocycles. The van der Waals surface area contributed by atoms with Crippen LogP contribution in [0, 0.1) is 5.92 Å². The van der Waals surface area contributed by atoms with E-state index in [9.17, 15) is 14.4 Å². The Morgan fingerprint density at radius 3 is 2.61 bits per heavy atom. The number of para-hydroxylation sites is 1. The van der Waals surface area contributed by atoms with Crippen molar-refractivity contribution in [3.63, 3.8) is 0 Å². The quantitative estimate of drug-likeness (QED) is 0.657. The van der Waals surface area contributed by atoms with Gasteiger partial charge in [-0.1, -0.05) is 12.1 Å². The Balaban J connectivity index is 1.88. The molecule has 0 spiro atoms. The zero-order valence-corrected chi connectivity index (χ0v) is 12.9. The minimum Gasteiger partial charge on any atom is -0.493 e. The SMILES string of the molecule is CCOc1ccccc1C(=O)NCC(=O)NC(C(=O)O)C1CC1. The maximum absolute atomic E-state index is 12.1. The summed E-state index contributed by atoms with van der Waals surface area (Å²) in [4.78, 5) is 35.0. The van der Waals surface area contributed by atoms with Crippen molar-refractivity contribution in [1.29, 1.82) is 0 Å². The van der Waals surface area contributed by atoms with E-state index in [1.807, 2.05) is 6.92 Å². The molecular weight excluding hydrogens is 300 g/mol. The summed E-state index contributed by atoms with van der Waals surface area (Å²) in [7, 11) is 0. The predicted molar refractivity (Wildman–Crippen MR) is 82.2 cm³/mol. The van der Waals surface area contributed by atoms with Gasteiger partial charge in [-0.15, -0.1) is 0 Å². The summed E-state index contributed by atoms with van der Waals surface area (Å²) >= 11 is 0. The van der Waals surface area contributed by atoms with Crippen molar-refractivity contribution in [1.82, 2.24) is 10.6 Å². The smallest absolute Gasteiger partial charge is 0.326 e. The predicted octanol–water partition coefficient (Wildman–Crippen LogP) is 0.794. The zero-order chi connectivity index (χ0) is 16.8. The molecule has 2 rings (SSSR count). The largest absolute Gasteiger partial charge is 0.493 e. The second-order valence-corrected chi connectivity index (χ2v) is 5.33. The number of rotatable bonds is 8. The summed E-state index contributed by atoms with van der Waals surface area (Å²) in [6.45, 7) is 1.95. The van der Waals surface area contributed by atoms with E-state index >= 15 is 0 Å². The van der Waals surface area contributed by atoms with Gasteiger partial charge in [0.15, 0.2) is 0 Å². The lowest BCUT2D eigenvalue weighted by Crippen LogP contribution is -2.46. The van der Waals surface area contributed by atoms with Gasteiger partial charge in [-0.2, -0.15) is 0 Å². The zero-order valence-electron chi connectivity index (χ0n) is 12.9. The molecule has 1 aliphatic carbocycles. The fourth-order valence-electron chi connectivity index (χ4n) is 2.23. The lowest BCUT2D eigenvalue weighted by atomic mass is 10.2. The number of nitrogens with one attached hydrogen (secondary N) is 2. The van der Waals surface area contributed by atoms with E-state index in [4.69, 9.17) is 9.84 Å². The van der Waals surface area contributed by atoms with Gasteiger partial charge >= 0.3 is 5.97 Å². The molecule has 7 nitrogen and oxygen atoms in total. The van der Waals surface area contributed by atoms with E-state index in [0.29, 0.717) is 17.9 Å². The van der Waals surface area contributed by atoms with Crippen LogP contribution < -0.4 is 15.4 Å². The number of hydrogen-bond donors (Lipinski definition) is 3. The first-order chi connectivity index (χ1) is 11.0. The van der Waals surface area contributed by atoms with Crippen LogP contribution in [0.4, 0.5) is 0 Å². The normalized spacial score (nSPS) is 14.7. The number of carboxylic acid groups (broad SMARTS) is 1. The van der Waals surface area contributed by atoms with Crippen molar-refractivity contribution >= 4 is 17.8 Å². The maximum atomic E-state index is 12.1. The molecule has 124 valence electrons. The molecule has 1 atom stereocenters. The Morgan fingerprint density at radius 1 is 1.30 bits per heavy atom. The van der Waals surface area contributed by atoms with Gasteiger partial charge in [0.1, 0.15) is 11.8 Å². The topological polar surface area (TPSA) is 105 Å². The minimum absolute atomic E-state index is 0.00849. The van der Waals surface area contributed by atoms with E-state index < -0.39 is 23.8 Å². The second kappa shape index (κ2) is 7.62. The van der Waals surface area contributed by atoms with Crippen LogP contribution >= 0.6 is 0 Å². The molecule has 2 amide bonds. The minimum atomic E-state index is -1.05. The van der Waals surface area contributed by atoms with Crippen LogP contribution in [0.3, 0.4) is 0 Å². The van der Waals surface area contributed by atoms with Gasteiger partial charge in [0.2, 0.25) is 5.91 Å². The Bertz CT molecular complexity index is 598. The van der Waals surface area contributed by atoms with Crippen molar-refractivity contribution in [3.05, 3.63) is 29.8 Å². The monoisotopic (exact) mass is 320 g/mol. The number of carboxylic acids is 1. The van der Waals surface area contributed by atoms with Crippen molar-refractivity contribution < 1.29 is 24.2 Å². The number of aliphatic carboxylic acids is 1. The summed E-state index contributed by atoms with van der Waals surface area (Å²) in [6, 6.07) is 5.84. The number of ether oxygens (including phenoxy) is 1. The lowest BCUT2D eigenvalue weighted by Gasteiger charge is -2.14. The molecular formula is C16H20N2O5. The van der Waals surface area contributed by atoms with Gasteiger partial charge in [-0.25, -0.2) is 4.79 Å². The third-order valence-corrected chi connectivity index (χ3v) is 3.52. The number of amides is 2. The first-order valence-corrected chi connectivity index (χ1v) is 7.55. The van der Waals surface area contributed by atoms with Crippen molar-refractivity contribution in [2.75, 3.05) is 13.2 Å². The first-order valence-electron chi connectivity index (χ1n) is 7.55. The van der Waals surface area contributed by atoms with Crippen LogP contribution in [0.25, 0.3) is 0 Å². The summed E-state index contributed by atoms with van der Waals surface area (Å²) in [6.07, 6.45) is 1.59. The molecule has 0 bridgehead atoms. The average molecular weight is 320 g/mol. The van der Waals surface area contributed by atoms with Gasteiger partial charge < -0.3 is 20.5 Å². The van der Waals surface area contributed by atoms with E-state index in [1.54, 1.807) is 24.3 Å². The van der Waals surface area contributed by atoms with Gasteiger partial charge in [-0.3, -0.25) is 9.59 Å². The molecule has 0 radical (unpaired) electrons. The number of hydrogen-bond acceptors (Lipinski definition) is 4. The standard InChI is InChI=1S/C16H20N2O5/c1-2-23-12-6-4-3-5-11(12)15(20)17-9-13(19)18-14(16(21)22)10-7-8-10/h3-6,10,14H,2,7-9H2,1H3,(H,17,20)(H,18,19)(H,21,22). The highest BCUT2D eigenvalue weighted by molar-refractivity contribution is 5.99. The molecule has 3 N–H and O–H groups in total. The first kappa shape index (κ1) is 16.8. The van der Waals surface area contributed by atoms with E-state index in [0.717, 1.165) is 12.8 Å². The fourth-order valence-corrected chi connectivity index (χ4v) is 2.23. The van der Waals surface area contributed by atoms with Crippen LogP contribution in [0.15, 0.2) is 24.3 Å². The summed E-state index contributed by atoms with van der Waals surface area (Å²) < 4.78 is 5.36. The van der Waals surface area contributed by atoms with E-state index in [-0.39, 0.29) is 12.5 Å². The van der Waals surface area contributed by atoms with Crippen LogP contribution in [0.1, 0.15) is 30.1 Å². The highest BCUT2D eigenvalue weighted by Gasteiger charge is 2.37. The molecule has 23 heavy (non-hydrogen) atoms. The average Bonchev–Trinajstić information content (AvgIpc) is 3.35. The van der Waals surface area contributed by atoms with Crippen LogP contribution in [0.5, 0.6) is 5.75 Å². The fraction of sp³-hybridized carbons (Fsp3) is 0.438. The van der Waals surface area contributed by atoms with E-state index in [1.165, 1.54) is 0 Å². The van der Waals surface area contributed by atoms with Gasteiger partial charge in [0, 0.05) is 0 Å². The number of benzene rings is 1. The van der Waals surface area contributed by atoms with Crippen molar-refractivity contribution in [2.45, 2.75) is 25.8 Å². The Morgan fingerprint density at radius 2 is 2.00 bits per heavy atom. The Kier molecular flexibility index (Phi) is 5.56. The molecule has 0 aromatic heterocycles. The molecule has 1 fully saturated rings. The van der Waals surface area contributed by atoms with Crippen LogP contribution in [0.2, 0.25) is 0 Å². The van der Waals surface area contributed by atoms with Gasteiger partial charge in [0.25, 0.3) is 5.91 Å². The highest BCUT2D eigenvalue weighted by Crippen LogP contribution is 2.32. The second-order valence-electron chi connectivity index (χ2n) is 5.33. The van der Waals surface area contributed by atoms with Crippen molar-refractivity contribution in [2.24, 2.45) is 5.92 Å². The third kappa shape index (κ3) is 4.70. The molecule has 1 unspecified atom stereocenters. The molecule has 1 saturated carbocycles. The summed E-state index contributed by atoms with van der Waals surface area (Å²) in [5, 5.41) is 14.0. The van der Waals surface area contributed by atoms with Gasteiger partial charge in [0.05, 0.1) is 18.7 Å². The third-order valence-electron chi connectivity index (χ3n) is 3.52. The van der Waals surface area contributed by atoms with E-state index in [2.05, 4.69) is 10.6 Å². The molecule has 1 aromatic rings. The van der Waals surface area contributed by atoms with Crippen molar-refractivity contribution in [3.8, 4) is 5.75 Å². The number of carbonyl (C=O) groups is 3. The molecule has 0 aliphatic heterocycles. The summed E-state index contributed by atoms with van der Waals surface area (Å²) in [5.74, 6) is -1.58.